The molecule has 0 N–H and O–H groups in total. The van der Waals surface area contributed by atoms with E-state index in [4.69, 9.17) is 18.9 Å². The van der Waals surface area contributed by atoms with Gasteiger partial charge in [-0.1, -0.05) is 93.5 Å². The van der Waals surface area contributed by atoms with Gasteiger partial charge < -0.3 is 18.9 Å². The highest BCUT2D eigenvalue weighted by Gasteiger charge is 2.02. The van der Waals surface area contributed by atoms with Gasteiger partial charge in [0.1, 0.15) is 23.0 Å². The van der Waals surface area contributed by atoms with Gasteiger partial charge >= 0.3 is 0 Å². The highest BCUT2D eigenvalue weighted by Crippen LogP contribution is 2.26. The summed E-state index contributed by atoms with van der Waals surface area (Å²) in [6.45, 7) is 1.57. The highest BCUT2D eigenvalue weighted by molar-refractivity contribution is 5.65. The van der Waals surface area contributed by atoms with Crippen LogP contribution in [0.25, 0.3) is 22.3 Å². The standard InChI is InChI=1S/C37H44O4/c1-38-34-20-12-30(13-21-34)32-16-24-36(25-17-32)40-28-10-8-6-4-3-5-7-9-11-29-41-37-26-18-33(19-27-37)31-14-22-35(39-2)23-15-31/h12-27H,3-11,28-29H2,1-2H3. The summed E-state index contributed by atoms with van der Waals surface area (Å²) in [6, 6.07) is 33.0. The summed E-state index contributed by atoms with van der Waals surface area (Å²) in [7, 11) is 3.38. The highest BCUT2D eigenvalue weighted by atomic mass is 16.5. The van der Waals surface area contributed by atoms with E-state index in [2.05, 4.69) is 72.8 Å². The van der Waals surface area contributed by atoms with Crippen molar-refractivity contribution in [2.75, 3.05) is 27.4 Å². The van der Waals surface area contributed by atoms with E-state index in [1.807, 2.05) is 24.3 Å². The molecule has 0 aromatic heterocycles. The average molecular weight is 553 g/mol. The lowest BCUT2D eigenvalue weighted by Crippen LogP contribution is -1.97. The molecule has 0 atom stereocenters. The number of methoxy groups -OCH3 is 2. The van der Waals surface area contributed by atoms with Crippen molar-refractivity contribution in [1.82, 2.24) is 0 Å². The van der Waals surface area contributed by atoms with Gasteiger partial charge in [-0.25, -0.2) is 0 Å². The second-order valence-electron chi connectivity index (χ2n) is 10.4. The molecule has 4 aromatic rings. The Morgan fingerprint density at radius 2 is 0.561 bits per heavy atom. The Hall–Kier alpha value is -3.92. The molecule has 0 amide bonds. The molecule has 4 nitrogen and oxygen atoms in total. The number of benzene rings is 4. The van der Waals surface area contributed by atoms with E-state index in [0.717, 1.165) is 49.1 Å². The monoisotopic (exact) mass is 552 g/mol. The van der Waals surface area contributed by atoms with E-state index >= 15 is 0 Å². The third kappa shape index (κ3) is 10.2. The fourth-order valence-electron chi connectivity index (χ4n) is 4.88. The van der Waals surface area contributed by atoms with Crippen molar-refractivity contribution in [2.45, 2.75) is 57.8 Å². The molecule has 0 aliphatic carbocycles. The Morgan fingerprint density at radius 3 is 0.829 bits per heavy atom. The molecule has 0 fully saturated rings. The SMILES string of the molecule is COc1ccc(-c2ccc(OCCCCCCCCCCCOc3ccc(-c4ccc(OC)cc4)cc3)cc2)cc1. The Kier molecular flexibility index (Phi) is 12.5. The van der Waals surface area contributed by atoms with E-state index in [1.54, 1.807) is 14.2 Å². The van der Waals surface area contributed by atoms with E-state index in [1.165, 1.54) is 67.2 Å². The van der Waals surface area contributed by atoms with E-state index in [-0.39, 0.29) is 0 Å². The third-order valence-corrected chi connectivity index (χ3v) is 7.38. The smallest absolute Gasteiger partial charge is 0.119 e. The van der Waals surface area contributed by atoms with Gasteiger partial charge in [0.2, 0.25) is 0 Å². The molecule has 0 heterocycles. The molecule has 4 heteroatoms. The summed E-state index contributed by atoms with van der Waals surface area (Å²) >= 11 is 0. The lowest BCUT2D eigenvalue weighted by atomic mass is 10.1. The van der Waals surface area contributed by atoms with Crippen LogP contribution in [0.1, 0.15) is 57.8 Å². The molecule has 4 rings (SSSR count). The summed E-state index contributed by atoms with van der Waals surface area (Å²) in [5.41, 5.74) is 4.73. The first-order valence-electron chi connectivity index (χ1n) is 15.0. The Labute approximate surface area is 246 Å². The fourth-order valence-corrected chi connectivity index (χ4v) is 4.88. The zero-order chi connectivity index (χ0) is 28.5. The fraction of sp³-hybridized carbons (Fsp3) is 0.351. The van der Waals surface area contributed by atoms with Crippen molar-refractivity contribution >= 4 is 0 Å². The molecule has 0 saturated carbocycles. The minimum absolute atomic E-state index is 0.784. The van der Waals surface area contributed by atoms with Crippen molar-refractivity contribution in [3.63, 3.8) is 0 Å². The van der Waals surface area contributed by atoms with Gasteiger partial charge in [0, 0.05) is 0 Å². The maximum atomic E-state index is 5.95. The lowest BCUT2D eigenvalue weighted by Gasteiger charge is -2.09. The van der Waals surface area contributed by atoms with Crippen LogP contribution in [-0.2, 0) is 0 Å². The van der Waals surface area contributed by atoms with Crippen molar-refractivity contribution < 1.29 is 18.9 Å². The quantitative estimate of drug-likeness (QED) is 0.115. The molecule has 0 radical (unpaired) electrons. The van der Waals surface area contributed by atoms with Gasteiger partial charge in [-0.05, 0) is 83.6 Å². The van der Waals surface area contributed by atoms with Crippen molar-refractivity contribution in [1.29, 1.82) is 0 Å². The van der Waals surface area contributed by atoms with Crippen LogP contribution < -0.4 is 18.9 Å². The van der Waals surface area contributed by atoms with Gasteiger partial charge in [-0.2, -0.15) is 0 Å². The molecule has 0 spiro atoms. The van der Waals surface area contributed by atoms with Crippen LogP contribution in [0.5, 0.6) is 23.0 Å². The molecule has 0 aliphatic heterocycles. The molecule has 0 aliphatic rings. The first-order chi connectivity index (χ1) is 20.2. The van der Waals surface area contributed by atoms with Crippen LogP contribution in [0.15, 0.2) is 97.1 Å². The Bertz CT molecular complexity index is 1150. The largest absolute Gasteiger partial charge is 0.497 e. The number of unbranched alkanes of at least 4 members (excludes halogenated alkanes) is 8. The lowest BCUT2D eigenvalue weighted by molar-refractivity contribution is 0.302. The topological polar surface area (TPSA) is 36.9 Å². The second-order valence-corrected chi connectivity index (χ2v) is 10.4. The summed E-state index contributed by atoms with van der Waals surface area (Å²) in [5, 5.41) is 0. The van der Waals surface area contributed by atoms with Crippen molar-refractivity contribution in [2.24, 2.45) is 0 Å². The van der Waals surface area contributed by atoms with E-state index in [9.17, 15) is 0 Å². The summed E-state index contributed by atoms with van der Waals surface area (Å²) < 4.78 is 22.4. The van der Waals surface area contributed by atoms with Gasteiger partial charge in [-0.3, -0.25) is 0 Å². The van der Waals surface area contributed by atoms with Gasteiger partial charge in [0.15, 0.2) is 0 Å². The summed E-state index contributed by atoms with van der Waals surface area (Å²) in [5.74, 6) is 3.63. The number of hydrogen-bond donors (Lipinski definition) is 0. The van der Waals surface area contributed by atoms with Crippen LogP contribution in [0.4, 0.5) is 0 Å². The van der Waals surface area contributed by atoms with Crippen LogP contribution >= 0.6 is 0 Å². The second kappa shape index (κ2) is 17.0. The van der Waals surface area contributed by atoms with E-state index < -0.39 is 0 Å². The van der Waals surface area contributed by atoms with Crippen LogP contribution in [-0.4, -0.2) is 27.4 Å². The first-order valence-corrected chi connectivity index (χ1v) is 15.0. The van der Waals surface area contributed by atoms with Crippen LogP contribution in [0, 0.1) is 0 Å². The minimum atomic E-state index is 0.784. The Balaban J connectivity index is 0.966. The van der Waals surface area contributed by atoms with Crippen molar-refractivity contribution in [3.05, 3.63) is 97.1 Å². The number of ether oxygens (including phenoxy) is 4. The molecule has 0 unspecified atom stereocenters. The molecule has 4 aromatic carbocycles. The molecule has 0 bridgehead atoms. The van der Waals surface area contributed by atoms with E-state index in [0.29, 0.717) is 0 Å². The van der Waals surface area contributed by atoms with Gasteiger partial charge in [0.25, 0.3) is 0 Å². The molecule has 216 valence electrons. The minimum Gasteiger partial charge on any atom is -0.497 e. The number of hydrogen-bond acceptors (Lipinski definition) is 4. The van der Waals surface area contributed by atoms with Gasteiger partial charge in [-0.15, -0.1) is 0 Å². The predicted octanol–water partition coefficient (Wildman–Crippen LogP) is 10.0. The zero-order valence-corrected chi connectivity index (χ0v) is 24.6. The third-order valence-electron chi connectivity index (χ3n) is 7.38. The van der Waals surface area contributed by atoms with Crippen molar-refractivity contribution in [3.8, 4) is 45.3 Å². The average Bonchev–Trinajstić information content (AvgIpc) is 3.04. The number of rotatable bonds is 18. The maximum Gasteiger partial charge on any atom is 0.119 e. The summed E-state index contributed by atoms with van der Waals surface area (Å²) in [6.07, 6.45) is 11.2. The zero-order valence-electron chi connectivity index (χ0n) is 24.6. The van der Waals surface area contributed by atoms with Crippen LogP contribution in [0.3, 0.4) is 0 Å². The molecule has 0 saturated heterocycles. The summed E-state index contributed by atoms with van der Waals surface area (Å²) in [4.78, 5) is 0. The Morgan fingerprint density at radius 1 is 0.317 bits per heavy atom. The molecule has 41 heavy (non-hydrogen) atoms. The van der Waals surface area contributed by atoms with Crippen LogP contribution in [0.2, 0.25) is 0 Å². The molecular formula is C37H44O4. The molecular weight excluding hydrogens is 508 g/mol. The normalized spacial score (nSPS) is 10.8. The maximum absolute atomic E-state index is 5.95. The van der Waals surface area contributed by atoms with Gasteiger partial charge in [0.05, 0.1) is 27.4 Å². The first kappa shape index (κ1) is 30.0. The predicted molar refractivity (Wildman–Crippen MR) is 169 cm³/mol.